The van der Waals surface area contributed by atoms with E-state index >= 15 is 0 Å². The molecule has 2 heterocycles. The number of morpholine rings is 1. The van der Waals surface area contributed by atoms with E-state index in [1.807, 2.05) is 11.8 Å². The van der Waals surface area contributed by atoms with Crippen LogP contribution in [-0.2, 0) is 9.47 Å². The van der Waals surface area contributed by atoms with E-state index in [-0.39, 0.29) is 18.1 Å². The van der Waals surface area contributed by atoms with Crippen molar-refractivity contribution < 1.29 is 14.3 Å². The van der Waals surface area contributed by atoms with Crippen LogP contribution in [0.1, 0.15) is 30.1 Å². The molecule has 0 radical (unpaired) electrons. The molecule has 0 spiro atoms. The molecule has 6 heteroatoms. The lowest BCUT2D eigenvalue weighted by Crippen LogP contribution is -2.51. The summed E-state index contributed by atoms with van der Waals surface area (Å²) in [5.74, 6) is 0.504. The van der Waals surface area contributed by atoms with Crippen LogP contribution >= 0.6 is 0 Å². The Morgan fingerprint density at radius 2 is 2.38 bits per heavy atom. The van der Waals surface area contributed by atoms with Crippen LogP contribution in [0.2, 0.25) is 0 Å². The van der Waals surface area contributed by atoms with Gasteiger partial charge in [0.05, 0.1) is 36.7 Å². The fourth-order valence-electron chi connectivity index (χ4n) is 3.31. The van der Waals surface area contributed by atoms with Gasteiger partial charge in [0.2, 0.25) is 0 Å². The van der Waals surface area contributed by atoms with Gasteiger partial charge in [0, 0.05) is 19.8 Å². The van der Waals surface area contributed by atoms with Gasteiger partial charge >= 0.3 is 0 Å². The molecule has 1 aliphatic heterocycles. The molecule has 1 saturated carbocycles. The van der Waals surface area contributed by atoms with Crippen LogP contribution in [-0.4, -0.2) is 59.5 Å². The van der Waals surface area contributed by atoms with E-state index in [0.717, 1.165) is 26.1 Å². The molecule has 0 unspecified atom stereocenters. The lowest BCUT2D eigenvalue weighted by Gasteiger charge is -2.37. The normalized spacial score (nSPS) is 28.4. The topological polar surface area (TPSA) is 64.6 Å². The fraction of sp³-hybridized carbons (Fsp3) is 0.667. The molecule has 0 N–H and O–H groups in total. The second-order valence-corrected chi connectivity index (χ2v) is 5.60. The molecule has 1 saturated heterocycles. The van der Waals surface area contributed by atoms with Crippen LogP contribution in [0.15, 0.2) is 18.5 Å². The zero-order chi connectivity index (χ0) is 14.7. The largest absolute Gasteiger partial charge is 0.381 e. The lowest BCUT2D eigenvalue weighted by molar-refractivity contribution is -0.0450. The second-order valence-electron chi connectivity index (χ2n) is 5.60. The van der Waals surface area contributed by atoms with Crippen molar-refractivity contribution in [2.45, 2.75) is 31.9 Å². The van der Waals surface area contributed by atoms with Gasteiger partial charge in [0.1, 0.15) is 0 Å². The van der Waals surface area contributed by atoms with Crippen molar-refractivity contribution in [2.75, 3.05) is 26.4 Å². The number of nitrogens with zero attached hydrogens (tertiary/aromatic N) is 3. The number of hydrogen-bond acceptors (Lipinski definition) is 5. The van der Waals surface area contributed by atoms with Gasteiger partial charge in [0.15, 0.2) is 0 Å². The fourth-order valence-corrected chi connectivity index (χ4v) is 3.31. The van der Waals surface area contributed by atoms with Gasteiger partial charge in [0.25, 0.3) is 5.91 Å². The molecule has 3 atom stereocenters. The van der Waals surface area contributed by atoms with Crippen molar-refractivity contribution in [3.05, 3.63) is 24.0 Å². The number of ether oxygens (including phenoxy) is 2. The van der Waals surface area contributed by atoms with E-state index in [4.69, 9.17) is 9.47 Å². The van der Waals surface area contributed by atoms with Gasteiger partial charge in [-0.2, -0.15) is 10.2 Å². The van der Waals surface area contributed by atoms with Gasteiger partial charge in [-0.05, 0) is 31.7 Å². The summed E-state index contributed by atoms with van der Waals surface area (Å²) in [7, 11) is 0. The second kappa shape index (κ2) is 6.49. The molecule has 1 aromatic heterocycles. The Bertz CT molecular complexity index is 482. The van der Waals surface area contributed by atoms with Crippen molar-refractivity contribution in [1.29, 1.82) is 0 Å². The minimum Gasteiger partial charge on any atom is -0.381 e. The average molecular weight is 291 g/mol. The maximum absolute atomic E-state index is 12.6. The molecule has 21 heavy (non-hydrogen) atoms. The van der Waals surface area contributed by atoms with Gasteiger partial charge in [-0.1, -0.05) is 0 Å². The van der Waals surface area contributed by atoms with Crippen LogP contribution < -0.4 is 0 Å². The Labute approximate surface area is 124 Å². The molecule has 2 aliphatic rings. The summed E-state index contributed by atoms with van der Waals surface area (Å²) >= 11 is 0. The Kier molecular flexibility index (Phi) is 4.45. The Morgan fingerprint density at radius 3 is 3.14 bits per heavy atom. The summed E-state index contributed by atoms with van der Waals surface area (Å²) in [6.07, 6.45) is 5.15. The first kappa shape index (κ1) is 14.4. The van der Waals surface area contributed by atoms with Gasteiger partial charge in [-0.25, -0.2) is 0 Å². The summed E-state index contributed by atoms with van der Waals surface area (Å²) in [4.78, 5) is 14.6. The highest BCUT2D eigenvalue weighted by Crippen LogP contribution is 2.35. The standard InChI is InChI=1S/C15H21N3O3/c1-2-20-10-11-7-13-14(8-11)21-6-5-18(13)15(19)12-3-4-16-17-9-12/h3-4,9,11,13-14H,2,5-8,10H2,1H3/t11-,13-,14-/m0/s1. The Balaban J connectivity index is 1.70. The smallest absolute Gasteiger partial charge is 0.255 e. The van der Waals surface area contributed by atoms with Crippen LogP contribution in [0.4, 0.5) is 0 Å². The SMILES string of the molecule is CCOC[C@@H]1C[C@@H]2OCCN(C(=O)c3ccnnc3)[C@H]2C1. The molecule has 114 valence electrons. The third kappa shape index (κ3) is 3.06. The lowest BCUT2D eigenvalue weighted by atomic mass is 10.1. The van der Waals surface area contributed by atoms with E-state index in [1.54, 1.807) is 12.3 Å². The van der Waals surface area contributed by atoms with E-state index in [1.165, 1.54) is 6.20 Å². The zero-order valence-corrected chi connectivity index (χ0v) is 12.3. The Hall–Kier alpha value is -1.53. The number of carbonyl (C=O) groups is 1. The number of hydrogen-bond donors (Lipinski definition) is 0. The third-order valence-corrected chi connectivity index (χ3v) is 4.28. The first-order valence-corrected chi connectivity index (χ1v) is 7.56. The first-order valence-electron chi connectivity index (χ1n) is 7.56. The van der Waals surface area contributed by atoms with Gasteiger partial charge < -0.3 is 14.4 Å². The maximum atomic E-state index is 12.6. The highest BCUT2D eigenvalue weighted by Gasteiger charge is 2.43. The molecule has 3 rings (SSSR count). The van der Waals surface area contributed by atoms with Crippen molar-refractivity contribution in [3.8, 4) is 0 Å². The predicted octanol–water partition coefficient (Wildman–Crippen LogP) is 1.13. The molecule has 0 bridgehead atoms. The minimum atomic E-state index is 0.0280. The monoisotopic (exact) mass is 291 g/mol. The highest BCUT2D eigenvalue weighted by atomic mass is 16.5. The van der Waals surface area contributed by atoms with Crippen LogP contribution in [0.3, 0.4) is 0 Å². The number of fused-ring (bicyclic) bond motifs is 1. The van der Waals surface area contributed by atoms with E-state index in [0.29, 0.717) is 24.6 Å². The molecule has 0 aromatic carbocycles. The molecule has 6 nitrogen and oxygen atoms in total. The molecule has 1 amide bonds. The number of rotatable bonds is 4. The maximum Gasteiger partial charge on any atom is 0.255 e. The number of aromatic nitrogens is 2. The van der Waals surface area contributed by atoms with Crippen molar-refractivity contribution in [3.63, 3.8) is 0 Å². The summed E-state index contributed by atoms with van der Waals surface area (Å²) in [6, 6.07) is 1.87. The van der Waals surface area contributed by atoms with Crippen LogP contribution in [0.25, 0.3) is 0 Å². The molecule has 1 aromatic rings. The minimum absolute atomic E-state index is 0.0280. The quantitative estimate of drug-likeness (QED) is 0.832. The highest BCUT2D eigenvalue weighted by molar-refractivity contribution is 5.94. The van der Waals surface area contributed by atoms with Gasteiger partial charge in [-0.15, -0.1) is 0 Å². The number of carbonyl (C=O) groups excluding carboxylic acids is 1. The summed E-state index contributed by atoms with van der Waals surface area (Å²) in [6.45, 7) is 4.74. The van der Waals surface area contributed by atoms with E-state index in [2.05, 4.69) is 10.2 Å². The molecular weight excluding hydrogens is 270 g/mol. The predicted molar refractivity (Wildman–Crippen MR) is 75.8 cm³/mol. The summed E-state index contributed by atoms with van der Waals surface area (Å²) < 4.78 is 11.4. The molecule has 1 aliphatic carbocycles. The summed E-state index contributed by atoms with van der Waals surface area (Å²) in [5.41, 5.74) is 0.596. The van der Waals surface area contributed by atoms with E-state index < -0.39 is 0 Å². The number of amides is 1. The van der Waals surface area contributed by atoms with Gasteiger partial charge in [-0.3, -0.25) is 4.79 Å². The van der Waals surface area contributed by atoms with E-state index in [9.17, 15) is 4.79 Å². The van der Waals surface area contributed by atoms with Crippen molar-refractivity contribution in [1.82, 2.24) is 15.1 Å². The molecular formula is C15H21N3O3. The average Bonchev–Trinajstić information content (AvgIpc) is 2.96. The third-order valence-electron chi connectivity index (χ3n) is 4.28. The van der Waals surface area contributed by atoms with Crippen LogP contribution in [0.5, 0.6) is 0 Å². The summed E-state index contributed by atoms with van der Waals surface area (Å²) in [5, 5.41) is 7.52. The molecule has 2 fully saturated rings. The van der Waals surface area contributed by atoms with Crippen LogP contribution in [0, 0.1) is 5.92 Å². The van der Waals surface area contributed by atoms with Crippen molar-refractivity contribution in [2.24, 2.45) is 5.92 Å². The van der Waals surface area contributed by atoms with Crippen molar-refractivity contribution >= 4 is 5.91 Å². The first-order chi connectivity index (χ1) is 10.3. The Morgan fingerprint density at radius 1 is 1.48 bits per heavy atom. The zero-order valence-electron chi connectivity index (χ0n) is 12.3.